The van der Waals surface area contributed by atoms with Crippen molar-refractivity contribution in [1.82, 2.24) is 14.5 Å². The van der Waals surface area contributed by atoms with Crippen LogP contribution in [-0.4, -0.2) is 34.7 Å². The minimum atomic E-state index is -0.492. The summed E-state index contributed by atoms with van der Waals surface area (Å²) in [5.74, 6) is 1.43. The van der Waals surface area contributed by atoms with Crippen molar-refractivity contribution in [2.75, 3.05) is 14.2 Å². The van der Waals surface area contributed by atoms with Gasteiger partial charge in [-0.3, -0.25) is 9.36 Å². The van der Waals surface area contributed by atoms with E-state index in [1.54, 1.807) is 38.5 Å². The van der Waals surface area contributed by atoms with Gasteiger partial charge in [-0.2, -0.15) is 0 Å². The highest BCUT2D eigenvalue weighted by atomic mass is 16.5. The molecule has 7 nitrogen and oxygen atoms in total. The molecule has 0 aliphatic rings. The number of allylic oxidation sites excluding steroid dienone is 3. The summed E-state index contributed by atoms with van der Waals surface area (Å²) in [5, 5.41) is 0. The van der Waals surface area contributed by atoms with E-state index in [0.29, 0.717) is 28.6 Å². The van der Waals surface area contributed by atoms with Gasteiger partial charge in [-0.25, -0.2) is 9.97 Å². The Morgan fingerprint density at radius 3 is 2.53 bits per heavy atom. The van der Waals surface area contributed by atoms with E-state index < -0.39 is 5.91 Å². The molecule has 2 N–H and O–H groups in total. The lowest BCUT2D eigenvalue weighted by Crippen LogP contribution is -2.12. The molecule has 1 aromatic carbocycles. The van der Waals surface area contributed by atoms with Gasteiger partial charge in [0.05, 0.1) is 25.6 Å². The van der Waals surface area contributed by atoms with E-state index in [1.165, 1.54) is 0 Å². The number of methoxy groups -OCH3 is 2. The van der Waals surface area contributed by atoms with E-state index >= 15 is 0 Å². The Bertz CT molecular complexity index is 1210. The molecule has 3 rings (SSSR count). The van der Waals surface area contributed by atoms with Crippen molar-refractivity contribution in [1.29, 1.82) is 0 Å². The molecule has 0 unspecified atom stereocenters. The summed E-state index contributed by atoms with van der Waals surface area (Å²) < 4.78 is 12.8. The highest BCUT2D eigenvalue weighted by Gasteiger charge is 2.14. The molecular weight excluding hydrogens is 404 g/mol. The van der Waals surface area contributed by atoms with Gasteiger partial charge < -0.3 is 15.2 Å². The van der Waals surface area contributed by atoms with Crippen LogP contribution in [0.3, 0.4) is 0 Å². The fourth-order valence-electron chi connectivity index (χ4n) is 3.15. The number of aromatic nitrogens is 3. The lowest BCUT2D eigenvalue weighted by Gasteiger charge is -2.12. The number of amides is 1. The molecule has 3 aromatic rings. The van der Waals surface area contributed by atoms with E-state index in [9.17, 15) is 4.79 Å². The normalized spacial score (nSPS) is 11.9. The number of rotatable bonds is 8. The number of pyridine rings is 1. The minimum absolute atomic E-state index is 0.406. The Morgan fingerprint density at radius 2 is 1.88 bits per heavy atom. The zero-order valence-electron chi connectivity index (χ0n) is 18.6. The summed E-state index contributed by atoms with van der Waals surface area (Å²) in [6, 6.07) is 11.4. The fourth-order valence-corrected chi connectivity index (χ4v) is 3.15. The van der Waals surface area contributed by atoms with Crippen molar-refractivity contribution in [3.05, 3.63) is 83.9 Å². The molecule has 32 heavy (non-hydrogen) atoms. The molecule has 0 atom stereocenters. The molecule has 7 heteroatoms. The summed E-state index contributed by atoms with van der Waals surface area (Å²) in [6.45, 7) is 3.76. The maximum absolute atomic E-state index is 11.5. The van der Waals surface area contributed by atoms with E-state index in [1.807, 2.05) is 67.1 Å². The largest absolute Gasteiger partial charge is 0.493 e. The molecule has 0 saturated heterocycles. The third kappa shape index (κ3) is 5.13. The predicted molar refractivity (Wildman–Crippen MR) is 126 cm³/mol. The summed E-state index contributed by atoms with van der Waals surface area (Å²) in [5.41, 5.74) is 8.98. The molecule has 1 amide bonds. The number of primary amides is 1. The number of benzene rings is 1. The first-order valence-corrected chi connectivity index (χ1v) is 10.0. The van der Waals surface area contributed by atoms with Gasteiger partial charge in [-0.15, -0.1) is 0 Å². The zero-order valence-corrected chi connectivity index (χ0v) is 18.6. The standard InChI is InChI=1S/C25H26N4O3/c1-5-8-18(24(26)30)10-7-11-19-16-29(20-13-14-22(31-3)23(15-20)32-4)25(28-19)21-12-6-9-17(2)27-21/h5-16H,1-4H3,(H2,26,30)/b8-5-,11-7+,18-10+. The second-order valence-corrected chi connectivity index (χ2v) is 6.91. The van der Waals surface area contributed by atoms with Crippen LogP contribution < -0.4 is 15.2 Å². The first kappa shape index (κ1) is 22.6. The fraction of sp³-hybridized carbons (Fsp3) is 0.160. The zero-order chi connectivity index (χ0) is 23.1. The number of imidazole rings is 1. The molecule has 0 aliphatic heterocycles. The average Bonchev–Trinajstić information content (AvgIpc) is 3.22. The van der Waals surface area contributed by atoms with Crippen molar-refractivity contribution in [2.24, 2.45) is 5.73 Å². The third-order valence-electron chi connectivity index (χ3n) is 4.66. The molecule has 0 fully saturated rings. The van der Waals surface area contributed by atoms with Crippen LogP contribution in [0.4, 0.5) is 0 Å². The van der Waals surface area contributed by atoms with Gasteiger partial charge in [0.2, 0.25) is 5.91 Å². The van der Waals surface area contributed by atoms with E-state index in [0.717, 1.165) is 17.1 Å². The Kier molecular flexibility index (Phi) is 7.23. The van der Waals surface area contributed by atoms with E-state index in [-0.39, 0.29) is 0 Å². The summed E-state index contributed by atoms with van der Waals surface area (Å²) in [6.07, 6.45) is 10.5. The Hall–Kier alpha value is -4.13. The smallest absolute Gasteiger partial charge is 0.248 e. The molecular formula is C25H26N4O3. The number of aryl methyl sites for hydroxylation is 1. The quantitative estimate of drug-likeness (QED) is 0.426. The number of nitrogens with zero attached hydrogens (tertiary/aromatic N) is 3. The lowest BCUT2D eigenvalue weighted by atomic mass is 10.2. The van der Waals surface area contributed by atoms with Crippen LogP contribution in [0.2, 0.25) is 0 Å². The summed E-state index contributed by atoms with van der Waals surface area (Å²) >= 11 is 0. The van der Waals surface area contributed by atoms with Crippen molar-refractivity contribution in [2.45, 2.75) is 13.8 Å². The van der Waals surface area contributed by atoms with Crippen LogP contribution in [-0.2, 0) is 4.79 Å². The predicted octanol–water partition coefficient (Wildman–Crippen LogP) is 4.26. The average molecular weight is 431 g/mol. The first-order chi connectivity index (χ1) is 15.5. The number of carbonyl (C=O) groups is 1. The third-order valence-corrected chi connectivity index (χ3v) is 4.66. The Labute approximate surface area is 187 Å². The van der Waals surface area contributed by atoms with Crippen LogP contribution >= 0.6 is 0 Å². The van der Waals surface area contributed by atoms with E-state index in [2.05, 4.69) is 4.98 Å². The highest BCUT2D eigenvalue weighted by Crippen LogP contribution is 2.31. The van der Waals surface area contributed by atoms with Crippen LogP contribution in [0.25, 0.3) is 23.3 Å². The molecule has 2 heterocycles. The molecule has 0 spiro atoms. The molecule has 0 saturated carbocycles. The van der Waals surface area contributed by atoms with Crippen molar-refractivity contribution in [3.63, 3.8) is 0 Å². The highest BCUT2D eigenvalue weighted by molar-refractivity contribution is 5.95. The molecule has 0 bridgehead atoms. The maximum Gasteiger partial charge on any atom is 0.248 e. The number of hydrogen-bond donors (Lipinski definition) is 1. The Balaban J connectivity index is 2.10. The Morgan fingerprint density at radius 1 is 1.09 bits per heavy atom. The van der Waals surface area contributed by atoms with Gasteiger partial charge in [0.15, 0.2) is 17.3 Å². The van der Waals surface area contributed by atoms with Gasteiger partial charge in [0, 0.05) is 23.5 Å². The van der Waals surface area contributed by atoms with Crippen LogP contribution in [0.1, 0.15) is 18.3 Å². The molecule has 2 aromatic heterocycles. The van der Waals surface area contributed by atoms with Gasteiger partial charge in [-0.1, -0.05) is 24.3 Å². The monoisotopic (exact) mass is 430 g/mol. The number of ether oxygens (including phenoxy) is 2. The first-order valence-electron chi connectivity index (χ1n) is 10.0. The SMILES string of the molecule is C\C=C/C(=C\C=C\c1cn(-c2ccc(OC)c(OC)c2)c(-c2cccc(C)n2)n1)C(N)=O. The maximum atomic E-state index is 11.5. The minimum Gasteiger partial charge on any atom is -0.493 e. The number of carbonyl (C=O) groups excluding carboxylic acids is 1. The van der Waals surface area contributed by atoms with Crippen LogP contribution in [0, 0.1) is 6.92 Å². The molecule has 0 radical (unpaired) electrons. The number of hydrogen-bond acceptors (Lipinski definition) is 5. The van der Waals surface area contributed by atoms with Gasteiger partial charge in [0.25, 0.3) is 0 Å². The summed E-state index contributed by atoms with van der Waals surface area (Å²) in [4.78, 5) is 20.9. The topological polar surface area (TPSA) is 92.3 Å². The van der Waals surface area contributed by atoms with Gasteiger partial charge >= 0.3 is 0 Å². The van der Waals surface area contributed by atoms with Crippen molar-refractivity contribution < 1.29 is 14.3 Å². The van der Waals surface area contributed by atoms with Gasteiger partial charge in [0.1, 0.15) is 5.69 Å². The second-order valence-electron chi connectivity index (χ2n) is 6.91. The van der Waals surface area contributed by atoms with Crippen molar-refractivity contribution in [3.8, 4) is 28.7 Å². The van der Waals surface area contributed by atoms with Crippen LogP contribution in [0.5, 0.6) is 11.5 Å². The van der Waals surface area contributed by atoms with Crippen LogP contribution in [0.15, 0.2) is 72.5 Å². The van der Waals surface area contributed by atoms with E-state index in [4.69, 9.17) is 20.2 Å². The lowest BCUT2D eigenvalue weighted by molar-refractivity contribution is -0.114. The summed E-state index contributed by atoms with van der Waals surface area (Å²) in [7, 11) is 3.20. The van der Waals surface area contributed by atoms with Crippen molar-refractivity contribution >= 4 is 12.0 Å². The molecule has 164 valence electrons. The number of nitrogens with two attached hydrogens (primary N) is 1. The molecule has 0 aliphatic carbocycles. The second kappa shape index (κ2) is 10.3. The van der Waals surface area contributed by atoms with Gasteiger partial charge in [-0.05, 0) is 50.3 Å².